The van der Waals surface area contributed by atoms with Gasteiger partial charge >= 0.3 is 31.4 Å². The molecule has 0 unspecified atom stereocenters. The van der Waals surface area contributed by atoms with Crippen LogP contribution in [-0.4, -0.2) is 23.4 Å². The topological polar surface area (TPSA) is 106 Å². The molecule has 6 aromatic rings. The van der Waals surface area contributed by atoms with Gasteiger partial charge in [0.1, 0.15) is 11.5 Å². The van der Waals surface area contributed by atoms with Gasteiger partial charge in [-0.2, -0.15) is 11.4 Å². The number of aromatic nitrogens is 2. The predicted molar refractivity (Wildman–Crippen MR) is 261 cm³/mol. The number of ether oxygens (including phenoxy) is 2. The first-order chi connectivity index (χ1) is 30.8. The van der Waals surface area contributed by atoms with Gasteiger partial charge in [-0.05, 0) is 123 Å². The first-order valence-corrected chi connectivity index (χ1v) is 22.4. The number of hydrogen-bond acceptors (Lipinski definition) is 6. The van der Waals surface area contributed by atoms with Crippen molar-refractivity contribution in [2.24, 2.45) is 9.98 Å². The summed E-state index contributed by atoms with van der Waals surface area (Å²) in [5.41, 5.74) is 18.0. The summed E-state index contributed by atoms with van der Waals surface area (Å²) in [6, 6.07) is 23.6. The summed E-state index contributed by atoms with van der Waals surface area (Å²) in [4.78, 5) is 47.3. The van der Waals surface area contributed by atoms with Gasteiger partial charge in [-0.25, -0.2) is 0 Å². The van der Waals surface area contributed by atoms with Crippen molar-refractivity contribution >= 4 is 57.1 Å². The van der Waals surface area contributed by atoms with Gasteiger partial charge in [0.25, 0.3) is 0 Å². The van der Waals surface area contributed by atoms with Gasteiger partial charge in [0.15, 0.2) is 0 Å². The minimum absolute atomic E-state index is 0. The zero-order chi connectivity index (χ0) is 45.4. The molecule has 8 rings (SSSR count). The van der Waals surface area contributed by atoms with E-state index in [9.17, 15) is 9.59 Å². The van der Waals surface area contributed by atoms with Crippen molar-refractivity contribution in [2.75, 3.05) is 0 Å². The van der Waals surface area contributed by atoms with Gasteiger partial charge in [0.2, 0.25) is 0 Å². The summed E-state index contributed by atoms with van der Waals surface area (Å²) in [6.45, 7) is 20.8. The third kappa shape index (κ3) is 9.22. The van der Waals surface area contributed by atoms with Crippen molar-refractivity contribution in [3.05, 3.63) is 152 Å². The van der Waals surface area contributed by atoms with E-state index in [2.05, 4.69) is 67.5 Å². The van der Waals surface area contributed by atoms with Gasteiger partial charge in [-0.15, -0.1) is 11.4 Å². The Kier molecular flexibility index (Phi) is 14.0. The van der Waals surface area contributed by atoms with E-state index in [0.29, 0.717) is 35.5 Å². The molecule has 4 heterocycles. The Hall–Kier alpha value is -6.18. The van der Waals surface area contributed by atoms with Crippen LogP contribution in [0.3, 0.4) is 0 Å². The molecule has 2 aliphatic rings. The van der Waals surface area contributed by atoms with Gasteiger partial charge in [-0.3, -0.25) is 19.6 Å². The van der Waals surface area contributed by atoms with E-state index in [1.807, 2.05) is 86.6 Å². The molecule has 9 heteroatoms. The first kappa shape index (κ1) is 46.8. The molecule has 0 N–H and O–H groups in total. The fourth-order valence-electron chi connectivity index (χ4n) is 9.62. The molecule has 0 spiro atoms. The third-order valence-electron chi connectivity index (χ3n) is 13.1. The molecule has 65 heavy (non-hydrogen) atoms. The minimum Gasteiger partial charge on any atom is -0.661 e. The number of allylic oxidation sites excluding steroid dienone is 4. The van der Waals surface area contributed by atoms with Crippen LogP contribution in [-0.2, 0) is 41.9 Å². The molecule has 0 saturated heterocycles. The number of nitrogens with zero attached hydrogens (tertiary/aromatic N) is 4. The molecule has 2 aliphatic heterocycles. The average Bonchev–Trinajstić information content (AvgIpc) is 3.91. The van der Waals surface area contributed by atoms with E-state index >= 15 is 0 Å². The van der Waals surface area contributed by atoms with E-state index in [0.717, 1.165) is 102 Å². The van der Waals surface area contributed by atoms with E-state index < -0.39 is 0 Å². The number of carbonyl (C=O) groups excluding carboxylic acids is 2. The average molecular weight is 914 g/mol. The Balaban J connectivity index is 0.00000630. The summed E-state index contributed by atoms with van der Waals surface area (Å²) < 4.78 is 12.7. The molecular weight excluding hydrogens is 858 g/mol. The number of fused-ring (bicyclic) bond motifs is 2. The number of esters is 2. The Morgan fingerprint density at radius 3 is 1.31 bits per heavy atom. The number of rotatable bonds is 13. The predicted octanol–water partition coefficient (Wildman–Crippen LogP) is 13.0. The Morgan fingerprint density at radius 1 is 0.554 bits per heavy atom. The number of aryl methyl sites for hydroxylation is 2. The van der Waals surface area contributed by atoms with Crippen LogP contribution in [0.5, 0.6) is 11.5 Å². The van der Waals surface area contributed by atoms with Crippen LogP contribution in [0.25, 0.3) is 44.8 Å². The zero-order valence-electron chi connectivity index (χ0n) is 39.5. The maximum atomic E-state index is 13.9. The maximum absolute atomic E-state index is 13.9. The fraction of sp³-hybridized carbons (Fsp3) is 0.286. The summed E-state index contributed by atoms with van der Waals surface area (Å²) >= 11 is 0. The van der Waals surface area contributed by atoms with Crippen molar-refractivity contribution in [1.29, 1.82) is 0 Å². The normalized spacial score (nSPS) is 15.1. The number of benzene rings is 4. The molecule has 0 atom stereocenters. The monoisotopic (exact) mass is 912 g/mol. The SMILES string of the molecule is CCC1=C(C)/C(=C/c2[n-]c(C)c(CCC(=O)Oc3ccc4ccccc4c3-c3c(OC(=O)CCc4c(C)[n-]c(/C=C5\N=C(C)C(CC)=C5C)c4C)ccc4ccccc34)c2C)N=C1C.[Zn+2]. The second-order valence-corrected chi connectivity index (χ2v) is 17.0. The molecule has 0 saturated carbocycles. The van der Waals surface area contributed by atoms with E-state index in [1.54, 1.807) is 0 Å². The zero-order valence-corrected chi connectivity index (χ0v) is 42.4. The molecule has 0 bridgehead atoms. The molecular formula is C56H56N4O4Zn. The van der Waals surface area contributed by atoms with E-state index in [4.69, 9.17) is 29.4 Å². The number of aliphatic imine (C=N–C) groups is 2. The standard InChI is InChI=1S/C56H56N4O4.Zn/c1-11-41-31(3)47(57-35(41)7)29-49-33(5)43(37(9)59-49)23-27-53(61)63-51-25-21-39-17-13-15-19-45(39)55(51)56-46-20-16-14-18-40(46)22-26-52(56)64-54(62)28-24-44-34(6)50(60-38(44)10)30-48-32(4)42(12-2)36(8)58-48;/h13-22,25-26,29-30H,11-12,23-24,27-28H2,1-10H3;/q-2;+2. The second kappa shape index (κ2) is 19.5. The fourth-order valence-corrected chi connectivity index (χ4v) is 9.62. The van der Waals surface area contributed by atoms with Crippen LogP contribution in [0.4, 0.5) is 0 Å². The maximum Gasteiger partial charge on any atom is 2.00 e. The largest absolute Gasteiger partial charge is 2.00 e. The van der Waals surface area contributed by atoms with Gasteiger partial charge in [0, 0.05) is 35.4 Å². The van der Waals surface area contributed by atoms with Crippen LogP contribution in [0.1, 0.15) is 112 Å². The summed E-state index contributed by atoms with van der Waals surface area (Å²) in [7, 11) is 0. The molecule has 0 fully saturated rings. The van der Waals surface area contributed by atoms with Crippen molar-refractivity contribution in [1.82, 2.24) is 9.97 Å². The quantitative estimate of drug-likeness (QED) is 0.0649. The second-order valence-electron chi connectivity index (χ2n) is 17.0. The molecule has 326 valence electrons. The molecule has 0 amide bonds. The van der Waals surface area contributed by atoms with Crippen LogP contribution in [0.2, 0.25) is 0 Å². The number of hydrogen-bond donors (Lipinski definition) is 0. The van der Waals surface area contributed by atoms with Crippen LogP contribution >= 0.6 is 0 Å². The van der Waals surface area contributed by atoms with Gasteiger partial charge < -0.3 is 19.4 Å². The first-order valence-electron chi connectivity index (χ1n) is 22.4. The Bertz CT molecular complexity index is 2880. The van der Waals surface area contributed by atoms with Crippen molar-refractivity contribution in [2.45, 2.75) is 108 Å². The van der Waals surface area contributed by atoms with Gasteiger partial charge in [0.05, 0.1) is 11.4 Å². The summed E-state index contributed by atoms with van der Waals surface area (Å²) in [6.07, 6.45) is 7.25. The molecule has 4 aromatic carbocycles. The van der Waals surface area contributed by atoms with Gasteiger partial charge in [-0.1, -0.05) is 123 Å². The smallest absolute Gasteiger partial charge is 0.661 e. The van der Waals surface area contributed by atoms with Crippen molar-refractivity contribution < 1.29 is 38.5 Å². The van der Waals surface area contributed by atoms with Crippen molar-refractivity contribution in [3.63, 3.8) is 0 Å². The summed E-state index contributed by atoms with van der Waals surface area (Å²) in [5, 5.41) is 3.68. The van der Waals surface area contributed by atoms with Crippen molar-refractivity contribution in [3.8, 4) is 22.6 Å². The molecule has 8 nitrogen and oxygen atoms in total. The number of carbonyl (C=O) groups is 2. The summed E-state index contributed by atoms with van der Waals surface area (Å²) in [5.74, 6) is 0.0602. The molecule has 2 aromatic heterocycles. The van der Waals surface area contributed by atoms with Crippen LogP contribution in [0.15, 0.2) is 116 Å². The van der Waals surface area contributed by atoms with E-state index in [1.165, 1.54) is 22.3 Å². The Labute approximate surface area is 395 Å². The van der Waals surface area contributed by atoms with E-state index in [-0.39, 0.29) is 44.3 Å². The minimum atomic E-state index is -0.367. The third-order valence-corrected chi connectivity index (χ3v) is 13.1. The molecule has 0 radical (unpaired) electrons. The Morgan fingerprint density at radius 2 is 0.938 bits per heavy atom. The van der Waals surface area contributed by atoms with Crippen LogP contribution in [0, 0.1) is 27.7 Å². The van der Waals surface area contributed by atoms with Crippen LogP contribution < -0.4 is 19.4 Å². The molecule has 0 aliphatic carbocycles.